The van der Waals surface area contributed by atoms with Crippen LogP contribution in [-0.2, 0) is 0 Å². The lowest BCUT2D eigenvalue weighted by molar-refractivity contribution is 0.339. The summed E-state index contributed by atoms with van der Waals surface area (Å²) < 4.78 is 11.0. The van der Waals surface area contributed by atoms with Gasteiger partial charge in [-0.25, -0.2) is 5.43 Å². The summed E-state index contributed by atoms with van der Waals surface area (Å²) in [6, 6.07) is 13.8. The van der Waals surface area contributed by atoms with Gasteiger partial charge in [0.1, 0.15) is 11.5 Å². The summed E-state index contributed by atoms with van der Waals surface area (Å²) in [5.74, 6) is 7.43. The molecule has 0 radical (unpaired) electrons. The first kappa shape index (κ1) is 15.4. The van der Waals surface area contributed by atoms with E-state index in [9.17, 15) is 0 Å². The molecule has 3 N–H and O–H groups in total. The smallest absolute Gasteiger partial charge is 0.124 e. The van der Waals surface area contributed by atoms with Crippen LogP contribution in [0.4, 0.5) is 0 Å². The van der Waals surface area contributed by atoms with Crippen LogP contribution in [0.2, 0.25) is 0 Å². The number of hydrazine groups is 1. The van der Waals surface area contributed by atoms with Gasteiger partial charge in [0.05, 0.1) is 19.8 Å². The number of ether oxygens (including phenoxy) is 2. The molecule has 0 amide bonds. The number of nitrogens with one attached hydrogen (secondary N) is 1. The SMILES string of the molecule is CCOc1cccc(C(NN)c2cc(C)ccc2OC)c1. The Bertz CT molecular complexity index is 599. The van der Waals surface area contributed by atoms with Crippen molar-refractivity contribution in [2.75, 3.05) is 13.7 Å². The number of rotatable bonds is 6. The van der Waals surface area contributed by atoms with Gasteiger partial charge < -0.3 is 9.47 Å². The van der Waals surface area contributed by atoms with Gasteiger partial charge in [0.25, 0.3) is 0 Å². The highest BCUT2D eigenvalue weighted by molar-refractivity contribution is 5.45. The Morgan fingerprint density at radius 1 is 1.19 bits per heavy atom. The maximum absolute atomic E-state index is 5.79. The number of aryl methyl sites for hydroxylation is 1. The van der Waals surface area contributed by atoms with Gasteiger partial charge in [-0.3, -0.25) is 5.84 Å². The van der Waals surface area contributed by atoms with Crippen molar-refractivity contribution in [2.45, 2.75) is 19.9 Å². The quantitative estimate of drug-likeness (QED) is 0.633. The normalized spacial score (nSPS) is 12.0. The van der Waals surface area contributed by atoms with Crippen molar-refractivity contribution < 1.29 is 9.47 Å². The van der Waals surface area contributed by atoms with Crippen molar-refractivity contribution in [1.82, 2.24) is 5.43 Å². The van der Waals surface area contributed by atoms with E-state index in [1.54, 1.807) is 7.11 Å². The molecule has 2 aromatic rings. The molecule has 0 aliphatic rings. The van der Waals surface area contributed by atoms with E-state index in [1.807, 2.05) is 50.2 Å². The van der Waals surface area contributed by atoms with Crippen molar-refractivity contribution in [1.29, 1.82) is 0 Å². The number of hydrogen-bond acceptors (Lipinski definition) is 4. The molecule has 4 nitrogen and oxygen atoms in total. The third-order valence-electron chi connectivity index (χ3n) is 3.37. The molecule has 0 saturated heterocycles. The van der Waals surface area contributed by atoms with Gasteiger partial charge in [0, 0.05) is 5.56 Å². The first-order chi connectivity index (χ1) is 10.2. The summed E-state index contributed by atoms with van der Waals surface area (Å²) in [4.78, 5) is 0. The number of hydrogen-bond donors (Lipinski definition) is 2. The Kier molecular flexibility index (Phi) is 5.20. The van der Waals surface area contributed by atoms with Crippen LogP contribution in [0.15, 0.2) is 42.5 Å². The minimum absolute atomic E-state index is 0.153. The first-order valence-corrected chi connectivity index (χ1v) is 7.03. The molecule has 0 spiro atoms. The summed E-state index contributed by atoms with van der Waals surface area (Å²) >= 11 is 0. The highest BCUT2D eigenvalue weighted by Crippen LogP contribution is 2.31. The molecule has 0 saturated carbocycles. The van der Waals surface area contributed by atoms with Crippen LogP contribution in [0.1, 0.15) is 29.7 Å². The zero-order valence-electron chi connectivity index (χ0n) is 12.7. The molecule has 0 aromatic heterocycles. The molecule has 0 aliphatic heterocycles. The number of nitrogens with two attached hydrogens (primary N) is 1. The van der Waals surface area contributed by atoms with E-state index in [-0.39, 0.29) is 6.04 Å². The average molecular weight is 286 g/mol. The van der Waals surface area contributed by atoms with E-state index in [0.717, 1.165) is 28.2 Å². The van der Waals surface area contributed by atoms with Gasteiger partial charge in [-0.2, -0.15) is 0 Å². The predicted molar refractivity (Wildman–Crippen MR) is 84.5 cm³/mol. The summed E-state index contributed by atoms with van der Waals surface area (Å²) in [5.41, 5.74) is 6.07. The summed E-state index contributed by atoms with van der Waals surface area (Å²) in [6.45, 7) is 4.65. The van der Waals surface area contributed by atoms with Crippen molar-refractivity contribution >= 4 is 0 Å². The Morgan fingerprint density at radius 2 is 2.00 bits per heavy atom. The van der Waals surface area contributed by atoms with Gasteiger partial charge in [0.2, 0.25) is 0 Å². The fourth-order valence-corrected chi connectivity index (χ4v) is 2.40. The Morgan fingerprint density at radius 3 is 2.67 bits per heavy atom. The van der Waals surface area contributed by atoms with Crippen LogP contribution in [0, 0.1) is 6.92 Å². The molecule has 112 valence electrons. The summed E-state index contributed by atoms with van der Waals surface area (Å²) in [7, 11) is 1.67. The van der Waals surface area contributed by atoms with E-state index < -0.39 is 0 Å². The Hall–Kier alpha value is -2.04. The zero-order valence-corrected chi connectivity index (χ0v) is 12.7. The van der Waals surface area contributed by atoms with Gasteiger partial charge in [0.15, 0.2) is 0 Å². The largest absolute Gasteiger partial charge is 0.496 e. The molecular weight excluding hydrogens is 264 g/mol. The number of methoxy groups -OCH3 is 1. The lowest BCUT2D eigenvalue weighted by atomic mass is 9.96. The molecule has 0 aliphatic carbocycles. The maximum Gasteiger partial charge on any atom is 0.124 e. The van der Waals surface area contributed by atoms with Crippen LogP contribution in [0.25, 0.3) is 0 Å². The predicted octanol–water partition coefficient (Wildman–Crippen LogP) is 2.96. The average Bonchev–Trinajstić information content (AvgIpc) is 2.49. The van der Waals surface area contributed by atoms with Crippen LogP contribution < -0.4 is 20.7 Å². The third-order valence-corrected chi connectivity index (χ3v) is 3.37. The molecule has 0 heterocycles. The molecule has 1 atom stereocenters. The van der Waals surface area contributed by atoms with Crippen molar-refractivity contribution in [3.8, 4) is 11.5 Å². The topological polar surface area (TPSA) is 56.5 Å². The minimum atomic E-state index is -0.153. The monoisotopic (exact) mass is 286 g/mol. The molecule has 2 rings (SSSR count). The second kappa shape index (κ2) is 7.11. The Labute approximate surface area is 125 Å². The van der Waals surface area contributed by atoms with Crippen molar-refractivity contribution in [2.24, 2.45) is 5.84 Å². The van der Waals surface area contributed by atoms with E-state index in [2.05, 4.69) is 11.5 Å². The van der Waals surface area contributed by atoms with E-state index >= 15 is 0 Å². The second-order valence-electron chi connectivity index (χ2n) is 4.85. The lowest BCUT2D eigenvalue weighted by Gasteiger charge is -2.20. The van der Waals surface area contributed by atoms with Crippen LogP contribution in [0.5, 0.6) is 11.5 Å². The maximum atomic E-state index is 5.79. The van der Waals surface area contributed by atoms with Crippen LogP contribution in [0.3, 0.4) is 0 Å². The summed E-state index contributed by atoms with van der Waals surface area (Å²) in [5, 5.41) is 0. The van der Waals surface area contributed by atoms with Crippen LogP contribution >= 0.6 is 0 Å². The van der Waals surface area contributed by atoms with Crippen molar-refractivity contribution in [3.05, 3.63) is 59.2 Å². The fourth-order valence-electron chi connectivity index (χ4n) is 2.40. The van der Waals surface area contributed by atoms with Crippen LogP contribution in [-0.4, -0.2) is 13.7 Å². The zero-order chi connectivity index (χ0) is 15.2. The van der Waals surface area contributed by atoms with Gasteiger partial charge in [-0.05, 0) is 37.6 Å². The van der Waals surface area contributed by atoms with Gasteiger partial charge in [-0.1, -0.05) is 29.8 Å². The highest BCUT2D eigenvalue weighted by Gasteiger charge is 2.17. The van der Waals surface area contributed by atoms with E-state index in [1.165, 1.54) is 0 Å². The summed E-state index contributed by atoms with van der Waals surface area (Å²) in [6.07, 6.45) is 0. The van der Waals surface area contributed by atoms with Crippen molar-refractivity contribution in [3.63, 3.8) is 0 Å². The molecule has 0 bridgehead atoms. The second-order valence-corrected chi connectivity index (χ2v) is 4.85. The van der Waals surface area contributed by atoms with E-state index in [4.69, 9.17) is 15.3 Å². The third kappa shape index (κ3) is 3.54. The van der Waals surface area contributed by atoms with E-state index in [0.29, 0.717) is 6.61 Å². The molecule has 1 unspecified atom stereocenters. The Balaban J connectivity index is 2.44. The molecular formula is C17H22N2O2. The highest BCUT2D eigenvalue weighted by atomic mass is 16.5. The first-order valence-electron chi connectivity index (χ1n) is 7.03. The molecule has 2 aromatic carbocycles. The number of benzene rings is 2. The van der Waals surface area contributed by atoms with Gasteiger partial charge >= 0.3 is 0 Å². The molecule has 21 heavy (non-hydrogen) atoms. The molecule has 4 heteroatoms. The minimum Gasteiger partial charge on any atom is -0.496 e. The lowest BCUT2D eigenvalue weighted by Crippen LogP contribution is -2.29. The van der Waals surface area contributed by atoms with Gasteiger partial charge in [-0.15, -0.1) is 0 Å². The molecule has 0 fully saturated rings. The fraction of sp³-hybridized carbons (Fsp3) is 0.294. The standard InChI is InChI=1S/C17H22N2O2/c1-4-21-14-7-5-6-13(11-14)17(19-18)15-10-12(2)8-9-16(15)20-3/h5-11,17,19H,4,18H2,1-3H3.